The molecule has 4 nitrogen and oxygen atoms in total. The highest BCUT2D eigenvalue weighted by atomic mass is 19.1. The number of nitrogens with zero attached hydrogens (tertiary/aromatic N) is 1. The van der Waals surface area contributed by atoms with Gasteiger partial charge in [0.05, 0.1) is 6.42 Å². The van der Waals surface area contributed by atoms with E-state index in [0.29, 0.717) is 25.1 Å². The van der Waals surface area contributed by atoms with Gasteiger partial charge in [-0.25, -0.2) is 4.39 Å². The van der Waals surface area contributed by atoms with Crippen LogP contribution in [0.2, 0.25) is 0 Å². The molecule has 0 bridgehead atoms. The van der Waals surface area contributed by atoms with Gasteiger partial charge >= 0.3 is 0 Å². The molecule has 0 saturated carbocycles. The number of halogens is 1. The van der Waals surface area contributed by atoms with Crippen LogP contribution < -0.4 is 5.32 Å². The Bertz CT molecular complexity index is 764. The van der Waals surface area contributed by atoms with E-state index in [4.69, 9.17) is 0 Å². The lowest BCUT2D eigenvalue weighted by molar-refractivity contribution is -0.139. The number of amides is 2. The van der Waals surface area contributed by atoms with Crippen LogP contribution in [0.15, 0.2) is 54.6 Å². The summed E-state index contributed by atoms with van der Waals surface area (Å²) in [6.45, 7) is 4.78. The molecule has 1 atom stereocenters. The zero-order chi connectivity index (χ0) is 20.4. The van der Waals surface area contributed by atoms with Crippen LogP contribution in [-0.4, -0.2) is 35.8 Å². The highest BCUT2D eigenvalue weighted by Crippen LogP contribution is 2.12. The van der Waals surface area contributed by atoms with Crippen LogP contribution in [0, 0.1) is 5.82 Å². The van der Waals surface area contributed by atoms with Gasteiger partial charge in [-0.05, 0) is 37.0 Å². The number of rotatable bonds is 10. The van der Waals surface area contributed by atoms with Gasteiger partial charge in [0.15, 0.2) is 0 Å². The van der Waals surface area contributed by atoms with Crippen LogP contribution in [0.25, 0.3) is 0 Å². The third kappa shape index (κ3) is 6.48. The lowest BCUT2D eigenvalue weighted by Gasteiger charge is -2.29. The van der Waals surface area contributed by atoms with Crippen LogP contribution in [0.5, 0.6) is 0 Å². The Hall–Kier alpha value is -2.69. The SMILES string of the molecule is CCCCNC(=O)[C@@H](C)N(CCc1ccccc1)C(=O)Cc1ccccc1F. The molecule has 0 spiro atoms. The number of carbonyl (C=O) groups is 2. The van der Waals surface area contributed by atoms with Crippen molar-refractivity contribution in [3.05, 3.63) is 71.5 Å². The zero-order valence-corrected chi connectivity index (χ0v) is 16.7. The van der Waals surface area contributed by atoms with Crippen molar-refractivity contribution in [2.75, 3.05) is 13.1 Å². The van der Waals surface area contributed by atoms with Crippen molar-refractivity contribution in [1.82, 2.24) is 10.2 Å². The molecule has 0 fully saturated rings. The smallest absolute Gasteiger partial charge is 0.242 e. The van der Waals surface area contributed by atoms with E-state index < -0.39 is 11.9 Å². The molecule has 28 heavy (non-hydrogen) atoms. The summed E-state index contributed by atoms with van der Waals surface area (Å²) < 4.78 is 14.0. The molecule has 2 aromatic rings. The molecule has 1 N–H and O–H groups in total. The fourth-order valence-electron chi connectivity index (χ4n) is 3.01. The van der Waals surface area contributed by atoms with E-state index in [1.165, 1.54) is 6.07 Å². The predicted molar refractivity (Wildman–Crippen MR) is 109 cm³/mol. The number of benzene rings is 2. The minimum atomic E-state index is -0.611. The van der Waals surface area contributed by atoms with Crippen molar-refractivity contribution >= 4 is 11.8 Å². The first-order chi connectivity index (χ1) is 13.5. The second-order valence-corrected chi connectivity index (χ2v) is 6.91. The third-order valence-corrected chi connectivity index (χ3v) is 4.78. The molecule has 0 heterocycles. The largest absolute Gasteiger partial charge is 0.354 e. The summed E-state index contributed by atoms with van der Waals surface area (Å²) in [5.74, 6) is -0.832. The predicted octanol–water partition coefficient (Wildman–Crippen LogP) is 3.74. The summed E-state index contributed by atoms with van der Waals surface area (Å²) in [5, 5.41) is 2.89. The van der Waals surface area contributed by atoms with Gasteiger partial charge in [0.2, 0.25) is 11.8 Å². The molecule has 0 unspecified atom stereocenters. The Balaban J connectivity index is 2.10. The van der Waals surface area contributed by atoms with Crippen molar-refractivity contribution in [2.45, 2.75) is 45.6 Å². The van der Waals surface area contributed by atoms with Gasteiger partial charge < -0.3 is 10.2 Å². The highest BCUT2D eigenvalue weighted by molar-refractivity contribution is 5.88. The van der Waals surface area contributed by atoms with E-state index in [0.717, 1.165) is 18.4 Å². The van der Waals surface area contributed by atoms with E-state index in [1.54, 1.807) is 30.0 Å². The van der Waals surface area contributed by atoms with E-state index in [-0.39, 0.29) is 18.2 Å². The standard InChI is InChI=1S/C23H29FN2O2/c1-3-4-15-25-23(28)18(2)26(16-14-19-10-6-5-7-11-19)22(27)17-20-12-8-9-13-21(20)24/h5-13,18H,3-4,14-17H2,1-2H3,(H,25,28)/t18-/m1/s1. The molecular weight excluding hydrogens is 355 g/mol. The monoisotopic (exact) mass is 384 g/mol. The normalized spacial score (nSPS) is 11.7. The van der Waals surface area contributed by atoms with Gasteiger partial charge in [0.25, 0.3) is 0 Å². The number of carbonyl (C=O) groups excluding carboxylic acids is 2. The second-order valence-electron chi connectivity index (χ2n) is 6.91. The maximum Gasteiger partial charge on any atom is 0.242 e. The first kappa shape index (κ1) is 21.6. The fourth-order valence-corrected chi connectivity index (χ4v) is 3.01. The van der Waals surface area contributed by atoms with Crippen LogP contribution in [0.3, 0.4) is 0 Å². The number of hydrogen-bond donors (Lipinski definition) is 1. The lowest BCUT2D eigenvalue weighted by atomic mass is 10.1. The Labute approximate surface area is 166 Å². The molecule has 150 valence electrons. The first-order valence-electron chi connectivity index (χ1n) is 9.87. The molecule has 0 saturated heterocycles. The van der Waals surface area contributed by atoms with Crippen LogP contribution in [0.1, 0.15) is 37.8 Å². The summed E-state index contributed by atoms with van der Waals surface area (Å²) in [4.78, 5) is 27.0. The molecule has 0 aliphatic carbocycles. The van der Waals surface area contributed by atoms with Gasteiger partial charge in [-0.2, -0.15) is 0 Å². The minimum absolute atomic E-state index is 0.0615. The van der Waals surface area contributed by atoms with Gasteiger partial charge in [-0.3, -0.25) is 9.59 Å². The summed E-state index contributed by atoms with van der Waals surface area (Å²) in [6.07, 6.45) is 2.45. The van der Waals surface area contributed by atoms with Crippen molar-refractivity contribution in [2.24, 2.45) is 0 Å². The summed E-state index contributed by atoms with van der Waals surface area (Å²) in [5.41, 5.74) is 1.43. The van der Waals surface area contributed by atoms with Gasteiger partial charge in [0, 0.05) is 13.1 Å². The van der Waals surface area contributed by atoms with Crippen molar-refractivity contribution in [1.29, 1.82) is 0 Å². The minimum Gasteiger partial charge on any atom is -0.354 e. The zero-order valence-electron chi connectivity index (χ0n) is 16.7. The molecule has 2 rings (SSSR count). The first-order valence-corrected chi connectivity index (χ1v) is 9.87. The quantitative estimate of drug-likeness (QED) is 0.635. The Morgan fingerprint density at radius 3 is 2.43 bits per heavy atom. The molecule has 5 heteroatoms. The Kier molecular flexibility index (Phi) is 8.66. The summed E-state index contributed by atoms with van der Waals surface area (Å²) in [6, 6.07) is 15.5. The number of nitrogens with one attached hydrogen (secondary N) is 1. The molecule has 0 aliphatic heterocycles. The molecule has 0 aromatic heterocycles. The molecule has 0 aliphatic rings. The average Bonchev–Trinajstić information content (AvgIpc) is 2.70. The topological polar surface area (TPSA) is 49.4 Å². The Morgan fingerprint density at radius 2 is 1.75 bits per heavy atom. The number of hydrogen-bond acceptors (Lipinski definition) is 2. The van der Waals surface area contributed by atoms with E-state index in [9.17, 15) is 14.0 Å². The van der Waals surface area contributed by atoms with E-state index >= 15 is 0 Å². The van der Waals surface area contributed by atoms with E-state index in [1.807, 2.05) is 30.3 Å². The maximum absolute atomic E-state index is 14.0. The van der Waals surface area contributed by atoms with Crippen LogP contribution in [0.4, 0.5) is 4.39 Å². The fraction of sp³-hybridized carbons (Fsp3) is 0.391. The summed E-state index contributed by atoms with van der Waals surface area (Å²) >= 11 is 0. The van der Waals surface area contributed by atoms with Gasteiger partial charge in [0.1, 0.15) is 11.9 Å². The molecular formula is C23H29FN2O2. The van der Waals surface area contributed by atoms with Crippen LogP contribution in [-0.2, 0) is 22.4 Å². The third-order valence-electron chi connectivity index (χ3n) is 4.78. The molecule has 0 radical (unpaired) electrons. The lowest BCUT2D eigenvalue weighted by Crippen LogP contribution is -2.49. The Morgan fingerprint density at radius 1 is 1.07 bits per heavy atom. The van der Waals surface area contributed by atoms with Gasteiger partial charge in [-0.1, -0.05) is 61.9 Å². The van der Waals surface area contributed by atoms with Gasteiger partial charge in [-0.15, -0.1) is 0 Å². The van der Waals surface area contributed by atoms with Crippen molar-refractivity contribution in [3.8, 4) is 0 Å². The van der Waals surface area contributed by atoms with Crippen molar-refractivity contribution in [3.63, 3.8) is 0 Å². The summed E-state index contributed by atoms with van der Waals surface area (Å²) in [7, 11) is 0. The number of unbranched alkanes of at least 4 members (excludes halogenated alkanes) is 1. The average molecular weight is 384 g/mol. The molecule has 2 amide bonds. The van der Waals surface area contributed by atoms with E-state index in [2.05, 4.69) is 12.2 Å². The molecule has 2 aromatic carbocycles. The van der Waals surface area contributed by atoms with Crippen LogP contribution >= 0.6 is 0 Å². The highest BCUT2D eigenvalue weighted by Gasteiger charge is 2.26. The second kappa shape index (κ2) is 11.2. The maximum atomic E-state index is 14.0. The van der Waals surface area contributed by atoms with Crippen molar-refractivity contribution < 1.29 is 14.0 Å².